The second-order valence-electron chi connectivity index (χ2n) is 6.01. The average molecular weight is 333 g/mol. The van der Waals surface area contributed by atoms with Gasteiger partial charge in [-0.1, -0.05) is 0 Å². The highest BCUT2D eigenvalue weighted by Crippen LogP contribution is 2.17. The first-order chi connectivity index (χ1) is 10.9. The highest BCUT2D eigenvalue weighted by atomic mass is 32.1. The zero-order valence-corrected chi connectivity index (χ0v) is 14.1. The lowest BCUT2D eigenvalue weighted by Gasteiger charge is -2.36. The van der Waals surface area contributed by atoms with Gasteiger partial charge in [0.05, 0.1) is 29.7 Å². The Hall–Kier alpha value is -1.99. The molecule has 6 nitrogen and oxygen atoms in total. The van der Waals surface area contributed by atoms with Gasteiger partial charge in [0, 0.05) is 19.2 Å². The summed E-state index contributed by atoms with van der Waals surface area (Å²) in [5.41, 5.74) is 0.950. The molecule has 1 saturated heterocycles. The van der Waals surface area contributed by atoms with E-state index in [0.29, 0.717) is 34.4 Å². The van der Waals surface area contributed by atoms with Crippen LogP contribution in [0.3, 0.4) is 0 Å². The molecule has 1 aromatic heterocycles. The number of benzene rings is 1. The van der Waals surface area contributed by atoms with Gasteiger partial charge >= 0.3 is 0 Å². The summed E-state index contributed by atoms with van der Waals surface area (Å²) in [4.78, 5) is 29.8. The van der Waals surface area contributed by atoms with E-state index in [1.807, 2.05) is 18.7 Å². The average Bonchev–Trinajstić information content (AvgIpc) is 2.54. The number of nitrogens with zero attached hydrogens (tertiary/aromatic N) is 2. The Balaban J connectivity index is 2.03. The lowest BCUT2D eigenvalue weighted by Crippen LogP contribution is -2.50. The Morgan fingerprint density at radius 2 is 2.13 bits per heavy atom. The number of carbonyl (C=O) groups excluding carboxylic acids is 1. The largest absolute Gasteiger partial charge is 0.375 e. The molecule has 2 aromatic rings. The SMILES string of the molecule is CC1CN(C(=O)c2ccc3c(=O)n(C)c(=S)[nH]c3c2)C(C)CO1. The molecule has 122 valence electrons. The summed E-state index contributed by atoms with van der Waals surface area (Å²) in [5, 5.41) is 0.515. The Kier molecular flexibility index (Phi) is 4.08. The van der Waals surface area contributed by atoms with Crippen molar-refractivity contribution in [2.45, 2.75) is 26.0 Å². The van der Waals surface area contributed by atoms with Gasteiger partial charge in [0.25, 0.3) is 11.5 Å². The molecule has 1 N–H and O–H groups in total. The molecule has 0 radical (unpaired) electrons. The molecule has 0 bridgehead atoms. The Morgan fingerprint density at radius 1 is 1.39 bits per heavy atom. The van der Waals surface area contributed by atoms with Crippen molar-refractivity contribution >= 4 is 29.0 Å². The van der Waals surface area contributed by atoms with Gasteiger partial charge < -0.3 is 14.6 Å². The number of fused-ring (bicyclic) bond motifs is 1. The van der Waals surface area contributed by atoms with Crippen LogP contribution >= 0.6 is 12.2 Å². The van der Waals surface area contributed by atoms with Crippen molar-refractivity contribution in [2.75, 3.05) is 13.2 Å². The molecule has 1 fully saturated rings. The van der Waals surface area contributed by atoms with E-state index in [1.165, 1.54) is 4.57 Å². The number of aromatic amines is 1. The predicted molar refractivity (Wildman–Crippen MR) is 90.3 cm³/mol. The minimum absolute atomic E-state index is 0.0220. The normalized spacial score (nSPS) is 21.6. The van der Waals surface area contributed by atoms with E-state index >= 15 is 0 Å². The predicted octanol–water partition coefficient (Wildman–Crippen LogP) is 1.85. The van der Waals surface area contributed by atoms with Crippen molar-refractivity contribution in [1.82, 2.24) is 14.5 Å². The number of morpholine rings is 1. The van der Waals surface area contributed by atoms with Crippen molar-refractivity contribution in [1.29, 1.82) is 0 Å². The minimum Gasteiger partial charge on any atom is -0.375 e. The highest BCUT2D eigenvalue weighted by Gasteiger charge is 2.28. The molecule has 1 aliphatic heterocycles. The number of nitrogens with one attached hydrogen (secondary N) is 1. The van der Waals surface area contributed by atoms with Crippen molar-refractivity contribution in [3.63, 3.8) is 0 Å². The number of rotatable bonds is 1. The lowest BCUT2D eigenvalue weighted by molar-refractivity contribution is -0.0387. The summed E-state index contributed by atoms with van der Waals surface area (Å²) in [6.07, 6.45) is 0.0220. The Morgan fingerprint density at radius 3 is 2.87 bits per heavy atom. The van der Waals surface area contributed by atoms with Crippen LogP contribution in [-0.4, -0.2) is 45.7 Å². The van der Waals surface area contributed by atoms with E-state index in [2.05, 4.69) is 4.98 Å². The molecule has 2 atom stereocenters. The van der Waals surface area contributed by atoms with Crippen LogP contribution in [0.25, 0.3) is 10.9 Å². The summed E-state index contributed by atoms with van der Waals surface area (Å²) >= 11 is 5.13. The zero-order chi connectivity index (χ0) is 16.7. The van der Waals surface area contributed by atoms with Crippen LogP contribution in [-0.2, 0) is 11.8 Å². The lowest BCUT2D eigenvalue weighted by atomic mass is 10.1. The number of amides is 1. The fraction of sp³-hybridized carbons (Fsp3) is 0.438. The fourth-order valence-corrected chi connectivity index (χ4v) is 2.98. The summed E-state index contributed by atoms with van der Waals surface area (Å²) in [5.74, 6) is -0.0606. The third kappa shape index (κ3) is 2.82. The van der Waals surface area contributed by atoms with E-state index < -0.39 is 0 Å². The molecule has 2 unspecified atom stereocenters. The van der Waals surface area contributed by atoms with Crippen molar-refractivity contribution in [3.05, 3.63) is 38.9 Å². The summed E-state index contributed by atoms with van der Waals surface area (Å²) in [6.45, 7) is 5.01. The molecule has 1 aliphatic rings. The van der Waals surface area contributed by atoms with Gasteiger partial charge in [-0.2, -0.15) is 0 Å². The molecule has 0 saturated carbocycles. The van der Waals surface area contributed by atoms with Gasteiger partial charge in [-0.05, 0) is 44.3 Å². The summed E-state index contributed by atoms with van der Waals surface area (Å²) < 4.78 is 7.28. The van der Waals surface area contributed by atoms with Crippen molar-refractivity contribution < 1.29 is 9.53 Å². The first-order valence-corrected chi connectivity index (χ1v) is 7.95. The maximum absolute atomic E-state index is 12.8. The molecule has 0 aliphatic carbocycles. The highest BCUT2D eigenvalue weighted by molar-refractivity contribution is 7.71. The minimum atomic E-state index is -0.170. The molecular weight excluding hydrogens is 314 g/mol. The fourth-order valence-electron chi connectivity index (χ4n) is 2.79. The van der Waals surface area contributed by atoms with Crippen LogP contribution in [0.15, 0.2) is 23.0 Å². The molecular formula is C16H19N3O3S. The van der Waals surface area contributed by atoms with E-state index in [4.69, 9.17) is 17.0 Å². The van der Waals surface area contributed by atoms with Crippen LogP contribution in [0, 0.1) is 4.77 Å². The quantitative estimate of drug-likeness (QED) is 0.809. The summed E-state index contributed by atoms with van der Waals surface area (Å²) in [6, 6.07) is 5.08. The van der Waals surface area contributed by atoms with Crippen molar-refractivity contribution in [2.24, 2.45) is 7.05 Å². The number of hydrogen-bond donors (Lipinski definition) is 1. The topological polar surface area (TPSA) is 67.3 Å². The number of ether oxygens (including phenoxy) is 1. The number of carbonyl (C=O) groups is 1. The summed E-state index contributed by atoms with van der Waals surface area (Å²) in [7, 11) is 1.62. The van der Waals surface area contributed by atoms with E-state index in [0.717, 1.165) is 0 Å². The van der Waals surface area contributed by atoms with E-state index in [9.17, 15) is 9.59 Å². The first-order valence-electron chi connectivity index (χ1n) is 7.54. The maximum Gasteiger partial charge on any atom is 0.261 e. The maximum atomic E-state index is 12.8. The van der Waals surface area contributed by atoms with Crippen LogP contribution < -0.4 is 5.56 Å². The molecule has 2 heterocycles. The third-order valence-electron chi connectivity index (χ3n) is 4.22. The van der Waals surface area contributed by atoms with E-state index in [1.54, 1.807) is 25.2 Å². The van der Waals surface area contributed by atoms with Crippen LogP contribution in [0.5, 0.6) is 0 Å². The molecule has 7 heteroatoms. The number of hydrogen-bond acceptors (Lipinski definition) is 4. The van der Waals surface area contributed by atoms with Gasteiger partial charge in [0.2, 0.25) is 0 Å². The van der Waals surface area contributed by atoms with Crippen LogP contribution in [0.1, 0.15) is 24.2 Å². The number of H-pyrrole nitrogens is 1. The van der Waals surface area contributed by atoms with Gasteiger partial charge in [0.15, 0.2) is 4.77 Å². The molecule has 3 rings (SSSR count). The van der Waals surface area contributed by atoms with Crippen LogP contribution in [0.4, 0.5) is 0 Å². The number of aromatic nitrogens is 2. The van der Waals surface area contributed by atoms with Gasteiger partial charge in [-0.25, -0.2) is 0 Å². The second-order valence-corrected chi connectivity index (χ2v) is 6.39. The monoisotopic (exact) mass is 333 g/mol. The smallest absolute Gasteiger partial charge is 0.261 e. The molecule has 0 spiro atoms. The van der Waals surface area contributed by atoms with Crippen LogP contribution in [0.2, 0.25) is 0 Å². The van der Waals surface area contributed by atoms with Gasteiger partial charge in [0.1, 0.15) is 0 Å². The van der Waals surface area contributed by atoms with E-state index in [-0.39, 0.29) is 23.6 Å². The van der Waals surface area contributed by atoms with Gasteiger partial charge in [-0.3, -0.25) is 14.2 Å². The van der Waals surface area contributed by atoms with Crippen molar-refractivity contribution in [3.8, 4) is 0 Å². The Labute approximate surface area is 138 Å². The third-order valence-corrected chi connectivity index (χ3v) is 4.59. The second kappa shape index (κ2) is 5.90. The standard InChI is InChI=1S/C16H19N3O3S/c1-9-8-22-10(2)7-19(9)14(20)11-4-5-12-13(6-11)17-16(23)18(3)15(12)21/h4-6,9-10H,7-8H2,1-3H3,(H,17,23). The Bertz CT molecular complexity index is 886. The van der Waals surface area contributed by atoms with Gasteiger partial charge in [-0.15, -0.1) is 0 Å². The molecule has 1 amide bonds. The molecule has 1 aromatic carbocycles. The molecule has 23 heavy (non-hydrogen) atoms. The zero-order valence-electron chi connectivity index (χ0n) is 13.3. The first kappa shape index (κ1) is 15.9.